The van der Waals surface area contributed by atoms with Crippen molar-refractivity contribution in [1.82, 2.24) is 10.2 Å². The van der Waals surface area contributed by atoms with Crippen LogP contribution in [0.2, 0.25) is 0 Å². The van der Waals surface area contributed by atoms with E-state index < -0.39 is 11.1 Å². The Morgan fingerprint density at radius 3 is 2.16 bits per heavy atom. The van der Waals surface area contributed by atoms with Crippen molar-refractivity contribution in [3.63, 3.8) is 0 Å². The fourth-order valence-electron chi connectivity index (χ4n) is 4.06. The first-order valence-electron chi connectivity index (χ1n) is 11.0. The second kappa shape index (κ2) is 9.53. The second-order valence-corrected chi connectivity index (χ2v) is 9.44. The van der Waals surface area contributed by atoms with E-state index in [9.17, 15) is 10.1 Å². The third-order valence-corrected chi connectivity index (χ3v) is 5.95. The number of piperidine rings is 1. The highest BCUT2D eigenvalue weighted by Gasteiger charge is 2.36. The zero-order valence-corrected chi connectivity index (χ0v) is 19.0. The first-order chi connectivity index (χ1) is 14.7. The second-order valence-electron chi connectivity index (χ2n) is 9.44. The first kappa shape index (κ1) is 22.8. The number of carbonyl (C=O) groups excluding carboxylic acids is 1. The molecule has 0 saturated carbocycles. The van der Waals surface area contributed by atoms with Gasteiger partial charge in [-0.05, 0) is 63.1 Å². The molecular formula is C26H33N3O2. The number of nitrogens with one attached hydrogen (secondary N) is 1. The first-order valence-corrected chi connectivity index (χ1v) is 11.0. The number of nitrogens with zero attached hydrogens (tertiary/aromatic N) is 2. The van der Waals surface area contributed by atoms with Crippen molar-refractivity contribution in [3.05, 3.63) is 60.2 Å². The van der Waals surface area contributed by atoms with Gasteiger partial charge in [-0.25, -0.2) is 4.79 Å². The maximum Gasteiger partial charge on any atom is 0.407 e. The SMILES string of the molecule is CC(C)(C)OC(=O)NCC1CCN(C(C)(C#N)c2ccc(-c3ccccc3)cc2)CC1. The minimum Gasteiger partial charge on any atom is -0.444 e. The van der Waals surface area contributed by atoms with Crippen LogP contribution in [0.5, 0.6) is 0 Å². The third-order valence-electron chi connectivity index (χ3n) is 5.95. The number of carbonyl (C=O) groups is 1. The molecule has 1 aliphatic rings. The molecule has 1 heterocycles. The van der Waals surface area contributed by atoms with Crippen molar-refractivity contribution in [3.8, 4) is 17.2 Å². The average molecular weight is 420 g/mol. The Labute approximate surface area is 186 Å². The lowest BCUT2D eigenvalue weighted by Crippen LogP contribution is -2.48. The van der Waals surface area contributed by atoms with Crippen molar-refractivity contribution in [1.29, 1.82) is 5.26 Å². The molecule has 5 nitrogen and oxygen atoms in total. The van der Waals surface area contributed by atoms with E-state index in [0.29, 0.717) is 12.5 Å². The number of ether oxygens (including phenoxy) is 1. The summed E-state index contributed by atoms with van der Waals surface area (Å²) >= 11 is 0. The molecule has 0 spiro atoms. The number of hydrogen-bond acceptors (Lipinski definition) is 4. The number of likely N-dealkylation sites (tertiary alicyclic amines) is 1. The molecule has 1 unspecified atom stereocenters. The molecule has 164 valence electrons. The van der Waals surface area contributed by atoms with Gasteiger partial charge in [0.15, 0.2) is 0 Å². The maximum atomic E-state index is 11.9. The van der Waals surface area contributed by atoms with Gasteiger partial charge in [-0.1, -0.05) is 54.6 Å². The predicted molar refractivity (Wildman–Crippen MR) is 123 cm³/mol. The van der Waals surface area contributed by atoms with Crippen molar-refractivity contribution < 1.29 is 9.53 Å². The quantitative estimate of drug-likeness (QED) is 0.711. The van der Waals surface area contributed by atoms with Gasteiger partial charge < -0.3 is 10.1 Å². The van der Waals surface area contributed by atoms with Crippen LogP contribution in [0, 0.1) is 17.2 Å². The Kier molecular flexibility index (Phi) is 7.02. The smallest absolute Gasteiger partial charge is 0.407 e. The molecule has 31 heavy (non-hydrogen) atoms. The van der Waals surface area contributed by atoms with Crippen LogP contribution in [0.25, 0.3) is 11.1 Å². The zero-order chi connectivity index (χ0) is 22.5. The highest BCUT2D eigenvalue weighted by atomic mass is 16.6. The van der Waals surface area contributed by atoms with Crippen LogP contribution >= 0.6 is 0 Å². The highest BCUT2D eigenvalue weighted by Crippen LogP contribution is 2.33. The summed E-state index contributed by atoms with van der Waals surface area (Å²) in [5.41, 5.74) is 2.18. The Morgan fingerprint density at radius 1 is 1.03 bits per heavy atom. The molecule has 0 bridgehead atoms. The van der Waals surface area contributed by atoms with Crippen molar-refractivity contribution in [2.24, 2.45) is 5.92 Å². The lowest BCUT2D eigenvalue weighted by atomic mass is 9.86. The van der Waals surface area contributed by atoms with Crippen LogP contribution in [-0.4, -0.2) is 36.2 Å². The van der Waals surface area contributed by atoms with Gasteiger partial charge in [0.25, 0.3) is 0 Å². The lowest BCUT2D eigenvalue weighted by molar-refractivity contribution is 0.0495. The van der Waals surface area contributed by atoms with Crippen molar-refractivity contribution in [2.45, 2.75) is 51.7 Å². The van der Waals surface area contributed by atoms with Crippen LogP contribution in [0.3, 0.4) is 0 Å². The molecule has 5 heteroatoms. The monoisotopic (exact) mass is 419 g/mol. The minimum atomic E-state index is -0.668. The van der Waals surface area contributed by atoms with Crippen LogP contribution in [0.15, 0.2) is 54.6 Å². The zero-order valence-electron chi connectivity index (χ0n) is 19.0. The molecule has 0 radical (unpaired) electrons. The standard InChI is InChI=1S/C26H33N3O2/c1-25(2,3)31-24(30)28-18-20-14-16-29(17-15-20)26(4,19-27)23-12-10-22(11-13-23)21-8-6-5-7-9-21/h5-13,20H,14-18H2,1-4H3,(H,28,30). The molecule has 1 saturated heterocycles. The number of rotatable bonds is 5. The summed E-state index contributed by atoms with van der Waals surface area (Å²) in [6.07, 6.45) is 1.51. The van der Waals surface area contributed by atoms with E-state index in [2.05, 4.69) is 52.7 Å². The van der Waals surface area contributed by atoms with Gasteiger partial charge in [0.1, 0.15) is 11.1 Å². The fraction of sp³-hybridized carbons (Fsp3) is 0.462. The molecule has 1 N–H and O–H groups in total. The van der Waals surface area contributed by atoms with Gasteiger partial charge in [-0.3, -0.25) is 4.90 Å². The highest BCUT2D eigenvalue weighted by molar-refractivity contribution is 5.67. The van der Waals surface area contributed by atoms with E-state index >= 15 is 0 Å². The normalized spacial score (nSPS) is 17.4. The molecule has 1 fully saturated rings. The molecule has 1 atom stereocenters. The fourth-order valence-corrected chi connectivity index (χ4v) is 4.06. The van der Waals surface area contributed by atoms with Crippen LogP contribution in [-0.2, 0) is 10.3 Å². The molecule has 3 rings (SSSR count). The number of nitriles is 1. The number of alkyl carbamates (subject to hydrolysis) is 1. The molecule has 1 aliphatic heterocycles. The summed E-state index contributed by atoms with van der Waals surface area (Å²) in [6, 6.07) is 21.1. The van der Waals surface area contributed by atoms with Crippen LogP contribution in [0.1, 0.15) is 46.1 Å². The topological polar surface area (TPSA) is 65.4 Å². The van der Waals surface area contributed by atoms with Gasteiger partial charge in [-0.15, -0.1) is 0 Å². The molecule has 1 amide bonds. The number of benzene rings is 2. The van der Waals surface area contributed by atoms with Crippen molar-refractivity contribution >= 4 is 6.09 Å². The third kappa shape index (κ3) is 5.86. The van der Waals surface area contributed by atoms with Crippen LogP contribution in [0.4, 0.5) is 4.79 Å². The van der Waals surface area contributed by atoms with E-state index in [1.54, 1.807) is 0 Å². The Balaban J connectivity index is 1.59. The number of hydrogen-bond donors (Lipinski definition) is 1. The summed E-state index contributed by atoms with van der Waals surface area (Å²) in [7, 11) is 0. The summed E-state index contributed by atoms with van der Waals surface area (Å²) in [5, 5.41) is 12.9. The largest absolute Gasteiger partial charge is 0.444 e. The van der Waals surface area contributed by atoms with Gasteiger partial charge >= 0.3 is 6.09 Å². The Hall–Kier alpha value is -2.84. The molecule has 2 aromatic rings. The summed E-state index contributed by atoms with van der Waals surface area (Å²) in [6.45, 7) is 9.85. The molecule has 2 aromatic carbocycles. The maximum absolute atomic E-state index is 11.9. The van der Waals surface area contributed by atoms with E-state index in [4.69, 9.17) is 4.74 Å². The van der Waals surface area contributed by atoms with E-state index in [1.807, 2.05) is 45.9 Å². The summed E-state index contributed by atoms with van der Waals surface area (Å²) in [4.78, 5) is 14.2. The summed E-state index contributed by atoms with van der Waals surface area (Å²) < 4.78 is 5.32. The molecule has 0 aromatic heterocycles. The van der Waals surface area contributed by atoms with Crippen LogP contribution < -0.4 is 5.32 Å². The Bertz CT molecular complexity index is 904. The average Bonchev–Trinajstić information content (AvgIpc) is 2.77. The van der Waals surface area contributed by atoms with Gasteiger partial charge in [0, 0.05) is 19.6 Å². The van der Waals surface area contributed by atoms with Gasteiger partial charge in [-0.2, -0.15) is 5.26 Å². The van der Waals surface area contributed by atoms with E-state index in [1.165, 1.54) is 5.56 Å². The van der Waals surface area contributed by atoms with E-state index in [-0.39, 0.29) is 6.09 Å². The van der Waals surface area contributed by atoms with E-state index in [0.717, 1.165) is 37.1 Å². The van der Waals surface area contributed by atoms with Gasteiger partial charge in [0.05, 0.1) is 6.07 Å². The minimum absolute atomic E-state index is 0.365. The number of amides is 1. The van der Waals surface area contributed by atoms with Gasteiger partial charge in [0.2, 0.25) is 0 Å². The molecule has 0 aliphatic carbocycles. The summed E-state index contributed by atoms with van der Waals surface area (Å²) in [5.74, 6) is 0.396. The Morgan fingerprint density at radius 2 is 1.61 bits per heavy atom. The molecular weight excluding hydrogens is 386 g/mol. The lowest BCUT2D eigenvalue weighted by Gasteiger charge is -2.41. The van der Waals surface area contributed by atoms with Crippen molar-refractivity contribution in [2.75, 3.05) is 19.6 Å². The predicted octanol–water partition coefficient (Wildman–Crippen LogP) is 5.33.